The number of nitrogens with zero attached hydrogens (tertiary/aromatic N) is 1. The van der Waals surface area contributed by atoms with E-state index in [0.29, 0.717) is 35.8 Å². The molecule has 0 aliphatic carbocycles. The monoisotopic (exact) mass is 422 g/mol. The topological polar surface area (TPSA) is 82.0 Å². The Bertz CT molecular complexity index is 1100. The van der Waals surface area contributed by atoms with E-state index in [1.54, 1.807) is 19.2 Å². The van der Waals surface area contributed by atoms with Crippen LogP contribution in [0.1, 0.15) is 28.5 Å². The lowest BCUT2D eigenvalue weighted by molar-refractivity contribution is -0.904. The minimum atomic E-state index is -0.417. The minimum absolute atomic E-state index is 0.140. The number of carbonyl (C=O) groups is 2. The van der Waals surface area contributed by atoms with Crippen molar-refractivity contribution in [3.05, 3.63) is 65.4 Å². The first kappa shape index (κ1) is 22.2. The summed E-state index contributed by atoms with van der Waals surface area (Å²) in [5.41, 5.74) is 3.38. The smallest absolute Gasteiger partial charge is 0.340 e. The number of quaternary nitrogens is 1. The Labute approximate surface area is 182 Å². The van der Waals surface area contributed by atoms with Crippen molar-refractivity contribution in [3.8, 4) is 5.75 Å². The van der Waals surface area contributed by atoms with Crippen LogP contribution in [0.3, 0.4) is 0 Å². The molecule has 0 saturated carbocycles. The Balaban J connectivity index is 1.85. The molecule has 3 aromatic rings. The van der Waals surface area contributed by atoms with Crippen LogP contribution in [0.15, 0.2) is 48.5 Å². The van der Waals surface area contributed by atoms with E-state index < -0.39 is 5.97 Å². The number of rotatable bonds is 8. The molecule has 7 nitrogen and oxygen atoms in total. The lowest BCUT2D eigenvalue weighted by Crippen LogP contribution is -3.11. The second-order valence-electron chi connectivity index (χ2n) is 7.27. The number of ether oxygens (including phenoxy) is 2. The number of benzene rings is 2. The van der Waals surface area contributed by atoms with E-state index in [0.717, 1.165) is 21.4 Å². The molecule has 1 atom stereocenters. The lowest BCUT2D eigenvalue weighted by atomic mass is 10.0. The van der Waals surface area contributed by atoms with Crippen LogP contribution in [0.25, 0.3) is 10.9 Å². The van der Waals surface area contributed by atoms with Gasteiger partial charge in [-0.3, -0.25) is 4.79 Å². The van der Waals surface area contributed by atoms with Crippen LogP contribution in [-0.2, 0) is 16.1 Å². The van der Waals surface area contributed by atoms with Gasteiger partial charge in [0, 0.05) is 5.39 Å². The van der Waals surface area contributed by atoms with E-state index in [4.69, 9.17) is 14.5 Å². The highest BCUT2D eigenvalue weighted by molar-refractivity contribution is 5.98. The van der Waals surface area contributed by atoms with Crippen LogP contribution in [0.5, 0.6) is 5.75 Å². The normalized spacial score (nSPS) is 11.7. The number of likely N-dealkylation sites (N-methyl/N-ethyl adjacent to an activating group) is 1. The fourth-order valence-corrected chi connectivity index (χ4v) is 3.66. The van der Waals surface area contributed by atoms with Gasteiger partial charge >= 0.3 is 5.97 Å². The first-order valence-corrected chi connectivity index (χ1v) is 10.2. The number of nitrogens with one attached hydrogen (secondary N) is 2. The lowest BCUT2D eigenvalue weighted by Gasteiger charge is -2.20. The molecule has 1 amide bonds. The predicted octanol–water partition coefficient (Wildman–Crippen LogP) is 2.38. The number of pyridine rings is 1. The third-order valence-corrected chi connectivity index (χ3v) is 5.33. The van der Waals surface area contributed by atoms with E-state index in [1.807, 2.05) is 50.2 Å². The Morgan fingerprint density at radius 2 is 1.77 bits per heavy atom. The molecule has 7 heteroatoms. The zero-order valence-corrected chi connectivity index (χ0v) is 18.3. The zero-order chi connectivity index (χ0) is 22.4. The number of fused-ring (bicyclic) bond motifs is 1. The molecule has 0 aliphatic rings. The molecule has 0 fully saturated rings. The molecule has 0 spiro atoms. The van der Waals surface area contributed by atoms with Crippen LogP contribution >= 0.6 is 0 Å². The van der Waals surface area contributed by atoms with Gasteiger partial charge in [0.1, 0.15) is 18.0 Å². The molecular weight excluding hydrogens is 394 g/mol. The molecule has 1 unspecified atom stereocenters. The van der Waals surface area contributed by atoms with Crippen LogP contribution < -0.4 is 15.0 Å². The third kappa shape index (κ3) is 5.00. The molecule has 0 aliphatic heterocycles. The van der Waals surface area contributed by atoms with Gasteiger partial charge in [-0.25, -0.2) is 9.78 Å². The maximum absolute atomic E-state index is 12.7. The summed E-state index contributed by atoms with van der Waals surface area (Å²) in [6, 6.07) is 15.0. The third-order valence-electron chi connectivity index (χ3n) is 5.33. The van der Waals surface area contributed by atoms with Gasteiger partial charge in [-0.2, -0.15) is 0 Å². The molecule has 31 heavy (non-hydrogen) atoms. The Morgan fingerprint density at radius 3 is 2.48 bits per heavy atom. The summed E-state index contributed by atoms with van der Waals surface area (Å²) in [6.45, 7) is 5.24. The van der Waals surface area contributed by atoms with Crippen molar-refractivity contribution in [1.29, 1.82) is 0 Å². The average Bonchev–Trinajstić information content (AvgIpc) is 2.78. The summed E-state index contributed by atoms with van der Waals surface area (Å²) >= 11 is 0. The summed E-state index contributed by atoms with van der Waals surface area (Å²) in [5.74, 6) is 0.0480. The highest BCUT2D eigenvalue weighted by atomic mass is 16.5. The first-order chi connectivity index (χ1) is 15.0. The quantitative estimate of drug-likeness (QED) is 0.545. The summed E-state index contributed by atoms with van der Waals surface area (Å²) < 4.78 is 10.3. The van der Waals surface area contributed by atoms with Crippen molar-refractivity contribution in [2.24, 2.45) is 0 Å². The second-order valence-corrected chi connectivity index (χ2v) is 7.27. The standard InChI is InChI=1S/C24H27N3O4/c1-5-27(15-22(28)26-19-12-8-9-13-21(19)30-3)14-20-23(24(29)31-4)16(2)17-10-6-7-11-18(17)25-20/h6-13H,5,14-15H2,1-4H3,(H,26,28)/p+1. The molecule has 3 rings (SSSR count). The Morgan fingerprint density at radius 1 is 1.06 bits per heavy atom. The molecule has 2 N–H and O–H groups in total. The van der Waals surface area contributed by atoms with Gasteiger partial charge in [0.15, 0.2) is 6.54 Å². The van der Waals surface area contributed by atoms with Gasteiger partial charge in [0.2, 0.25) is 0 Å². The highest BCUT2D eigenvalue weighted by Gasteiger charge is 2.23. The molecule has 1 heterocycles. The number of hydrogen-bond acceptors (Lipinski definition) is 5. The predicted molar refractivity (Wildman–Crippen MR) is 120 cm³/mol. The zero-order valence-electron chi connectivity index (χ0n) is 18.3. The maximum Gasteiger partial charge on any atom is 0.340 e. The number of methoxy groups -OCH3 is 2. The molecule has 1 aromatic heterocycles. The first-order valence-electron chi connectivity index (χ1n) is 10.2. The van der Waals surface area contributed by atoms with Crippen molar-refractivity contribution < 1.29 is 24.0 Å². The SMILES string of the molecule is CC[NH+](CC(=O)Nc1ccccc1OC)Cc1nc2ccccc2c(C)c1C(=O)OC. The number of aromatic nitrogens is 1. The van der Waals surface area contributed by atoms with Crippen LogP contribution in [-0.4, -0.2) is 44.2 Å². The van der Waals surface area contributed by atoms with Crippen molar-refractivity contribution in [1.82, 2.24) is 4.98 Å². The van der Waals surface area contributed by atoms with Crippen LogP contribution in [0.2, 0.25) is 0 Å². The number of para-hydroxylation sites is 3. The van der Waals surface area contributed by atoms with E-state index in [2.05, 4.69) is 5.32 Å². The van der Waals surface area contributed by atoms with Crippen molar-refractivity contribution in [2.45, 2.75) is 20.4 Å². The Hall–Kier alpha value is -3.45. The van der Waals surface area contributed by atoms with Gasteiger partial charge < -0.3 is 19.7 Å². The maximum atomic E-state index is 12.7. The van der Waals surface area contributed by atoms with Gasteiger partial charge in [-0.1, -0.05) is 30.3 Å². The fraction of sp³-hybridized carbons (Fsp3) is 0.292. The van der Waals surface area contributed by atoms with Gasteiger partial charge in [-0.05, 0) is 37.6 Å². The van der Waals surface area contributed by atoms with Crippen molar-refractivity contribution in [3.63, 3.8) is 0 Å². The molecule has 0 saturated heterocycles. The summed E-state index contributed by atoms with van der Waals surface area (Å²) in [6.07, 6.45) is 0. The van der Waals surface area contributed by atoms with E-state index in [-0.39, 0.29) is 12.5 Å². The summed E-state index contributed by atoms with van der Waals surface area (Å²) in [5, 5.41) is 3.82. The molecular formula is C24H28N3O4+. The number of amides is 1. The number of carbonyl (C=O) groups excluding carboxylic acids is 2. The van der Waals surface area contributed by atoms with E-state index in [1.165, 1.54) is 7.11 Å². The van der Waals surface area contributed by atoms with Crippen LogP contribution in [0.4, 0.5) is 5.69 Å². The molecule has 162 valence electrons. The Kier molecular flexibility index (Phi) is 7.20. The minimum Gasteiger partial charge on any atom is -0.495 e. The van der Waals surface area contributed by atoms with E-state index in [9.17, 15) is 9.59 Å². The number of anilines is 1. The number of hydrogen-bond donors (Lipinski definition) is 2. The molecule has 2 aromatic carbocycles. The fourth-order valence-electron chi connectivity index (χ4n) is 3.66. The summed E-state index contributed by atoms with van der Waals surface area (Å²) in [4.78, 5) is 30.9. The number of esters is 1. The highest BCUT2D eigenvalue weighted by Crippen LogP contribution is 2.24. The average molecular weight is 423 g/mol. The molecule has 0 bridgehead atoms. The summed E-state index contributed by atoms with van der Waals surface area (Å²) in [7, 11) is 2.93. The van der Waals surface area contributed by atoms with Gasteiger partial charge in [0.25, 0.3) is 5.91 Å². The largest absolute Gasteiger partial charge is 0.495 e. The van der Waals surface area contributed by atoms with Crippen molar-refractivity contribution >= 4 is 28.5 Å². The molecule has 0 radical (unpaired) electrons. The van der Waals surface area contributed by atoms with Gasteiger partial charge in [-0.15, -0.1) is 0 Å². The van der Waals surface area contributed by atoms with Crippen molar-refractivity contribution in [2.75, 3.05) is 32.6 Å². The van der Waals surface area contributed by atoms with Crippen LogP contribution in [0, 0.1) is 6.92 Å². The van der Waals surface area contributed by atoms with Gasteiger partial charge in [0.05, 0.1) is 37.5 Å². The number of aryl methyl sites for hydroxylation is 1. The van der Waals surface area contributed by atoms with E-state index >= 15 is 0 Å². The second kappa shape index (κ2) is 10.0.